The number of hydrogen-bond acceptors (Lipinski definition) is 3. The predicted molar refractivity (Wildman–Crippen MR) is 67.5 cm³/mol. The van der Waals surface area contributed by atoms with E-state index >= 15 is 0 Å². The number of aromatic nitrogens is 3. The third kappa shape index (κ3) is 2.63. The molecule has 1 saturated heterocycles. The molecular formula is C11H19BrN4. The molecular weight excluding hydrogens is 268 g/mol. The summed E-state index contributed by atoms with van der Waals surface area (Å²) in [6.45, 7) is 5.13. The van der Waals surface area contributed by atoms with Crippen LogP contribution in [-0.4, -0.2) is 37.6 Å². The van der Waals surface area contributed by atoms with Gasteiger partial charge in [0.25, 0.3) is 0 Å². The third-order valence-corrected chi connectivity index (χ3v) is 4.01. The maximum Gasteiger partial charge on any atom is 0.141 e. The highest BCUT2D eigenvalue weighted by atomic mass is 79.9. The van der Waals surface area contributed by atoms with Crippen LogP contribution in [0.15, 0.2) is 6.33 Å². The molecule has 16 heavy (non-hydrogen) atoms. The first-order chi connectivity index (χ1) is 7.85. The minimum Gasteiger partial charge on any atom is -0.292 e. The topological polar surface area (TPSA) is 34.0 Å². The number of nitrogens with zero attached hydrogens (tertiary/aromatic N) is 4. The van der Waals surface area contributed by atoms with Crippen molar-refractivity contribution in [3.05, 3.63) is 12.2 Å². The number of piperidine rings is 1. The van der Waals surface area contributed by atoms with Crippen molar-refractivity contribution in [1.29, 1.82) is 0 Å². The van der Waals surface area contributed by atoms with Crippen molar-refractivity contribution in [1.82, 2.24) is 19.7 Å². The van der Waals surface area contributed by atoms with E-state index in [9.17, 15) is 0 Å². The molecule has 4 nitrogen and oxygen atoms in total. The average molecular weight is 287 g/mol. The monoisotopic (exact) mass is 286 g/mol. The normalized spacial score (nSPS) is 22.5. The van der Waals surface area contributed by atoms with Crippen LogP contribution in [0.4, 0.5) is 0 Å². The zero-order valence-corrected chi connectivity index (χ0v) is 11.4. The van der Waals surface area contributed by atoms with E-state index < -0.39 is 0 Å². The minimum absolute atomic E-state index is 0.663. The zero-order chi connectivity index (χ0) is 11.4. The Morgan fingerprint density at radius 2 is 2.38 bits per heavy atom. The first-order valence-electron chi connectivity index (χ1n) is 6.01. The molecule has 0 bridgehead atoms. The second kappa shape index (κ2) is 5.77. The Balaban J connectivity index is 2.02. The number of rotatable bonds is 4. The Kier molecular flexibility index (Phi) is 4.35. The average Bonchev–Trinajstić information content (AvgIpc) is 2.77. The van der Waals surface area contributed by atoms with Crippen molar-refractivity contribution >= 4 is 15.9 Å². The van der Waals surface area contributed by atoms with Crippen LogP contribution in [0.3, 0.4) is 0 Å². The third-order valence-electron chi connectivity index (χ3n) is 3.27. The second-order valence-electron chi connectivity index (χ2n) is 4.27. The summed E-state index contributed by atoms with van der Waals surface area (Å²) in [6.07, 6.45) is 5.62. The minimum atomic E-state index is 0.663. The van der Waals surface area contributed by atoms with Gasteiger partial charge in [-0.05, 0) is 26.3 Å². The molecule has 0 aromatic carbocycles. The van der Waals surface area contributed by atoms with Crippen molar-refractivity contribution in [2.75, 3.05) is 11.9 Å². The summed E-state index contributed by atoms with van der Waals surface area (Å²) in [4.78, 5) is 6.87. The van der Waals surface area contributed by atoms with Crippen molar-refractivity contribution in [3.63, 3.8) is 0 Å². The van der Waals surface area contributed by atoms with Gasteiger partial charge in [-0.15, -0.1) is 0 Å². The molecule has 1 unspecified atom stereocenters. The molecule has 90 valence electrons. The molecule has 1 aliphatic rings. The van der Waals surface area contributed by atoms with Crippen molar-refractivity contribution in [2.24, 2.45) is 0 Å². The Labute approximate surface area is 105 Å². The molecule has 1 fully saturated rings. The van der Waals surface area contributed by atoms with Crippen LogP contribution in [-0.2, 0) is 13.1 Å². The van der Waals surface area contributed by atoms with Gasteiger partial charge in [0, 0.05) is 17.9 Å². The van der Waals surface area contributed by atoms with E-state index in [1.165, 1.54) is 25.8 Å². The van der Waals surface area contributed by atoms with E-state index in [0.29, 0.717) is 6.04 Å². The summed E-state index contributed by atoms with van der Waals surface area (Å²) in [5, 5.41) is 5.28. The standard InChI is InChI=1S/C11H19BrN4/c1-2-16-11(13-9-14-16)8-15-6-4-3-5-10(15)7-12/h9-10H,2-8H2,1H3. The Hall–Kier alpha value is -0.420. The van der Waals surface area contributed by atoms with Crippen LogP contribution in [0, 0.1) is 0 Å². The highest BCUT2D eigenvalue weighted by Crippen LogP contribution is 2.20. The molecule has 1 aromatic rings. The molecule has 1 aromatic heterocycles. The van der Waals surface area contributed by atoms with Crippen molar-refractivity contribution in [3.8, 4) is 0 Å². The van der Waals surface area contributed by atoms with Crippen LogP contribution in [0.25, 0.3) is 0 Å². The van der Waals surface area contributed by atoms with Gasteiger partial charge >= 0.3 is 0 Å². The number of halogens is 1. The zero-order valence-electron chi connectivity index (χ0n) is 9.77. The number of likely N-dealkylation sites (tertiary alicyclic amines) is 1. The van der Waals surface area contributed by atoms with Gasteiger partial charge in [0.15, 0.2) is 0 Å². The van der Waals surface area contributed by atoms with Crippen LogP contribution in [0.1, 0.15) is 32.0 Å². The summed E-state index contributed by atoms with van der Waals surface area (Å²) in [5.74, 6) is 1.09. The summed E-state index contributed by atoms with van der Waals surface area (Å²) in [6, 6.07) is 0.663. The van der Waals surface area contributed by atoms with E-state index in [4.69, 9.17) is 0 Å². The Morgan fingerprint density at radius 3 is 3.12 bits per heavy atom. The number of aryl methyl sites for hydroxylation is 1. The number of alkyl halides is 1. The molecule has 0 spiro atoms. The van der Waals surface area contributed by atoms with Crippen molar-refractivity contribution in [2.45, 2.75) is 45.3 Å². The summed E-state index contributed by atoms with van der Waals surface area (Å²) >= 11 is 3.61. The lowest BCUT2D eigenvalue weighted by Gasteiger charge is -2.34. The van der Waals surface area contributed by atoms with Gasteiger partial charge < -0.3 is 0 Å². The van der Waals surface area contributed by atoms with Crippen molar-refractivity contribution < 1.29 is 0 Å². The maximum atomic E-state index is 4.34. The van der Waals surface area contributed by atoms with E-state index in [2.05, 4.69) is 37.8 Å². The lowest BCUT2D eigenvalue weighted by atomic mass is 10.0. The smallest absolute Gasteiger partial charge is 0.141 e. The van der Waals surface area contributed by atoms with Crippen LogP contribution < -0.4 is 0 Å². The largest absolute Gasteiger partial charge is 0.292 e. The highest BCUT2D eigenvalue weighted by Gasteiger charge is 2.22. The molecule has 0 radical (unpaired) electrons. The van der Waals surface area contributed by atoms with Gasteiger partial charge in [0.2, 0.25) is 0 Å². The van der Waals surface area contributed by atoms with Gasteiger partial charge in [0.1, 0.15) is 12.2 Å². The first-order valence-corrected chi connectivity index (χ1v) is 7.14. The van der Waals surface area contributed by atoms with Gasteiger partial charge in [-0.1, -0.05) is 22.4 Å². The molecule has 1 atom stereocenters. The second-order valence-corrected chi connectivity index (χ2v) is 4.91. The van der Waals surface area contributed by atoms with Crippen LogP contribution in [0.2, 0.25) is 0 Å². The molecule has 0 N–H and O–H groups in total. The van der Waals surface area contributed by atoms with E-state index in [1.807, 2.05) is 4.68 Å². The highest BCUT2D eigenvalue weighted by molar-refractivity contribution is 9.09. The lowest BCUT2D eigenvalue weighted by molar-refractivity contribution is 0.150. The van der Waals surface area contributed by atoms with Gasteiger partial charge in [0.05, 0.1) is 6.54 Å². The fourth-order valence-corrected chi connectivity index (χ4v) is 3.03. The Bertz CT molecular complexity index is 326. The fourth-order valence-electron chi connectivity index (χ4n) is 2.30. The molecule has 1 aliphatic heterocycles. The van der Waals surface area contributed by atoms with Gasteiger partial charge in [-0.2, -0.15) is 5.10 Å². The number of hydrogen-bond donors (Lipinski definition) is 0. The molecule has 2 rings (SSSR count). The summed E-state index contributed by atoms with van der Waals surface area (Å²) < 4.78 is 1.99. The molecule has 0 aliphatic carbocycles. The molecule has 0 amide bonds. The summed E-state index contributed by atoms with van der Waals surface area (Å²) in [5.41, 5.74) is 0. The van der Waals surface area contributed by atoms with Crippen LogP contribution in [0.5, 0.6) is 0 Å². The predicted octanol–water partition coefficient (Wildman–Crippen LogP) is 2.05. The van der Waals surface area contributed by atoms with E-state index in [0.717, 1.165) is 24.2 Å². The summed E-state index contributed by atoms with van der Waals surface area (Å²) in [7, 11) is 0. The lowest BCUT2D eigenvalue weighted by Crippen LogP contribution is -2.40. The fraction of sp³-hybridized carbons (Fsp3) is 0.818. The van der Waals surface area contributed by atoms with Gasteiger partial charge in [-0.25, -0.2) is 9.67 Å². The molecule has 2 heterocycles. The van der Waals surface area contributed by atoms with E-state index in [-0.39, 0.29) is 0 Å². The van der Waals surface area contributed by atoms with Crippen LogP contribution >= 0.6 is 15.9 Å². The first kappa shape index (κ1) is 12.0. The SMILES string of the molecule is CCn1ncnc1CN1CCCCC1CBr. The quantitative estimate of drug-likeness (QED) is 0.795. The van der Waals surface area contributed by atoms with E-state index in [1.54, 1.807) is 6.33 Å². The van der Waals surface area contributed by atoms with Gasteiger partial charge in [-0.3, -0.25) is 4.90 Å². The molecule has 5 heteroatoms. The molecule has 0 saturated carbocycles. The maximum absolute atomic E-state index is 4.34. The Morgan fingerprint density at radius 1 is 1.50 bits per heavy atom.